The molecule has 1 aromatic rings. The molecule has 94 valence electrons. The van der Waals surface area contributed by atoms with Gasteiger partial charge < -0.3 is 11.1 Å². The summed E-state index contributed by atoms with van der Waals surface area (Å²) in [7, 11) is 0. The van der Waals surface area contributed by atoms with E-state index < -0.39 is 5.54 Å². The third-order valence-electron chi connectivity index (χ3n) is 2.47. The van der Waals surface area contributed by atoms with Gasteiger partial charge in [-0.2, -0.15) is 0 Å². The van der Waals surface area contributed by atoms with Crippen LogP contribution in [0.4, 0.5) is 0 Å². The number of rotatable bonds is 4. The lowest BCUT2D eigenvalue weighted by Gasteiger charge is -2.18. The minimum absolute atomic E-state index is 0.134. The van der Waals surface area contributed by atoms with Crippen molar-refractivity contribution in [3.8, 4) is 0 Å². The van der Waals surface area contributed by atoms with E-state index >= 15 is 0 Å². The van der Waals surface area contributed by atoms with Crippen molar-refractivity contribution in [2.24, 2.45) is 5.73 Å². The maximum atomic E-state index is 11.7. The highest BCUT2D eigenvalue weighted by Crippen LogP contribution is 2.21. The summed E-state index contributed by atoms with van der Waals surface area (Å²) in [5, 5.41) is 2.86. The summed E-state index contributed by atoms with van der Waals surface area (Å²) in [5.74, 6) is -0.134. The number of aryl methyl sites for hydroxylation is 1. The van der Waals surface area contributed by atoms with E-state index in [0.717, 1.165) is 5.56 Å². The highest BCUT2D eigenvalue weighted by atomic mass is 32.2. The smallest absolute Gasteiger partial charge is 0.239 e. The highest BCUT2D eigenvalue weighted by molar-refractivity contribution is 7.98. The van der Waals surface area contributed by atoms with Gasteiger partial charge in [-0.1, -0.05) is 12.1 Å². The third kappa shape index (κ3) is 4.06. The average Bonchev–Trinajstić information content (AvgIpc) is 2.25. The molecule has 0 aliphatic rings. The molecule has 0 atom stereocenters. The average molecular weight is 252 g/mol. The first-order chi connectivity index (χ1) is 7.84. The van der Waals surface area contributed by atoms with Crippen LogP contribution in [0.1, 0.15) is 25.0 Å². The van der Waals surface area contributed by atoms with Crippen molar-refractivity contribution in [1.29, 1.82) is 0 Å². The Labute approximate surface area is 107 Å². The number of nitrogens with one attached hydrogen (secondary N) is 1. The van der Waals surface area contributed by atoms with E-state index in [1.807, 2.05) is 12.3 Å². The molecule has 0 fully saturated rings. The van der Waals surface area contributed by atoms with Crippen LogP contribution in [0.3, 0.4) is 0 Å². The topological polar surface area (TPSA) is 55.1 Å². The minimum atomic E-state index is -0.829. The van der Waals surface area contributed by atoms with E-state index in [1.165, 1.54) is 10.5 Å². The van der Waals surface area contributed by atoms with E-state index in [4.69, 9.17) is 5.73 Å². The standard InChI is InChI=1S/C13H20N2OS/c1-9-5-6-10(11(7-9)17-4)8-15-12(16)13(2,3)14/h5-7H,8,14H2,1-4H3,(H,15,16). The third-order valence-corrected chi connectivity index (χ3v) is 3.29. The first kappa shape index (κ1) is 14.1. The Morgan fingerprint density at radius 2 is 2.12 bits per heavy atom. The van der Waals surface area contributed by atoms with Gasteiger partial charge in [0.1, 0.15) is 0 Å². The fourth-order valence-corrected chi connectivity index (χ4v) is 2.11. The number of benzene rings is 1. The van der Waals surface area contributed by atoms with Gasteiger partial charge >= 0.3 is 0 Å². The first-order valence-electron chi connectivity index (χ1n) is 5.55. The zero-order valence-electron chi connectivity index (χ0n) is 10.8. The number of nitrogens with two attached hydrogens (primary N) is 1. The van der Waals surface area contributed by atoms with Crippen LogP contribution >= 0.6 is 11.8 Å². The molecule has 0 aromatic heterocycles. The maximum absolute atomic E-state index is 11.7. The first-order valence-corrected chi connectivity index (χ1v) is 6.78. The van der Waals surface area contributed by atoms with Crippen molar-refractivity contribution in [2.45, 2.75) is 37.8 Å². The molecule has 0 radical (unpaired) electrons. The van der Waals surface area contributed by atoms with Crippen molar-refractivity contribution in [2.75, 3.05) is 6.26 Å². The van der Waals surface area contributed by atoms with Crippen LogP contribution in [-0.2, 0) is 11.3 Å². The minimum Gasteiger partial charge on any atom is -0.350 e. The van der Waals surface area contributed by atoms with Crippen molar-refractivity contribution in [1.82, 2.24) is 5.32 Å². The Morgan fingerprint density at radius 1 is 1.47 bits per heavy atom. The molecule has 0 aliphatic carbocycles. The lowest BCUT2D eigenvalue weighted by atomic mass is 10.1. The molecule has 0 aliphatic heterocycles. The number of amides is 1. The molecule has 1 rings (SSSR count). The summed E-state index contributed by atoms with van der Waals surface area (Å²) in [6.45, 7) is 5.99. The van der Waals surface area contributed by atoms with Gasteiger partial charge in [-0.05, 0) is 44.2 Å². The predicted molar refractivity (Wildman–Crippen MR) is 73.1 cm³/mol. The zero-order chi connectivity index (χ0) is 13.1. The van der Waals surface area contributed by atoms with E-state index in [2.05, 4.69) is 24.4 Å². The van der Waals surface area contributed by atoms with E-state index in [0.29, 0.717) is 6.54 Å². The zero-order valence-corrected chi connectivity index (χ0v) is 11.6. The van der Waals surface area contributed by atoms with Crippen LogP contribution in [0.25, 0.3) is 0 Å². The summed E-state index contributed by atoms with van der Waals surface area (Å²) >= 11 is 1.69. The molecule has 0 saturated carbocycles. The van der Waals surface area contributed by atoms with Crippen LogP contribution in [0.15, 0.2) is 23.1 Å². The molecular formula is C13H20N2OS. The van der Waals surface area contributed by atoms with E-state index in [1.54, 1.807) is 25.6 Å². The molecule has 17 heavy (non-hydrogen) atoms. The van der Waals surface area contributed by atoms with Gasteiger partial charge in [0.2, 0.25) is 5.91 Å². The van der Waals surface area contributed by atoms with E-state index in [-0.39, 0.29) is 5.91 Å². The summed E-state index contributed by atoms with van der Waals surface area (Å²) in [4.78, 5) is 12.9. The van der Waals surface area contributed by atoms with Crippen LogP contribution in [-0.4, -0.2) is 17.7 Å². The summed E-state index contributed by atoms with van der Waals surface area (Å²) in [6, 6.07) is 6.22. The highest BCUT2D eigenvalue weighted by Gasteiger charge is 2.21. The van der Waals surface area contributed by atoms with Crippen LogP contribution in [0, 0.1) is 6.92 Å². The maximum Gasteiger partial charge on any atom is 0.239 e. The number of hydrogen-bond acceptors (Lipinski definition) is 3. The fourth-order valence-electron chi connectivity index (χ4n) is 1.40. The van der Waals surface area contributed by atoms with Gasteiger partial charge in [0.05, 0.1) is 5.54 Å². The lowest BCUT2D eigenvalue weighted by Crippen LogP contribution is -2.48. The fraction of sp³-hybridized carbons (Fsp3) is 0.462. The molecule has 3 nitrogen and oxygen atoms in total. The number of thioether (sulfide) groups is 1. The summed E-state index contributed by atoms with van der Waals surface area (Å²) in [5.41, 5.74) is 7.24. The number of carbonyl (C=O) groups excluding carboxylic acids is 1. The largest absolute Gasteiger partial charge is 0.350 e. The normalized spacial score (nSPS) is 11.4. The quantitative estimate of drug-likeness (QED) is 0.807. The molecule has 1 amide bonds. The van der Waals surface area contributed by atoms with Crippen LogP contribution < -0.4 is 11.1 Å². The molecule has 3 N–H and O–H groups in total. The second-order valence-electron chi connectivity index (χ2n) is 4.72. The Hall–Kier alpha value is -1.00. The number of hydrogen-bond donors (Lipinski definition) is 2. The van der Waals surface area contributed by atoms with Gasteiger partial charge in [0.15, 0.2) is 0 Å². The molecule has 0 saturated heterocycles. The molecular weight excluding hydrogens is 232 g/mol. The summed E-state index contributed by atoms with van der Waals surface area (Å²) < 4.78 is 0. The summed E-state index contributed by atoms with van der Waals surface area (Å²) in [6.07, 6.45) is 2.03. The van der Waals surface area contributed by atoms with Crippen molar-refractivity contribution < 1.29 is 4.79 Å². The van der Waals surface area contributed by atoms with Crippen molar-refractivity contribution >= 4 is 17.7 Å². The SMILES string of the molecule is CSc1cc(C)ccc1CNC(=O)C(C)(C)N. The molecule has 0 spiro atoms. The Balaban J connectivity index is 2.73. The van der Waals surface area contributed by atoms with Gasteiger partial charge in [0, 0.05) is 11.4 Å². The lowest BCUT2D eigenvalue weighted by molar-refractivity contribution is -0.125. The Kier molecular flexibility index (Phi) is 4.60. The van der Waals surface area contributed by atoms with Crippen molar-refractivity contribution in [3.63, 3.8) is 0 Å². The monoisotopic (exact) mass is 252 g/mol. The van der Waals surface area contributed by atoms with Gasteiger partial charge in [-0.25, -0.2) is 0 Å². The second kappa shape index (κ2) is 5.56. The van der Waals surface area contributed by atoms with Gasteiger partial charge in [-0.3, -0.25) is 4.79 Å². The molecule has 0 heterocycles. The van der Waals surface area contributed by atoms with Crippen LogP contribution in [0.5, 0.6) is 0 Å². The van der Waals surface area contributed by atoms with Crippen molar-refractivity contribution in [3.05, 3.63) is 29.3 Å². The van der Waals surface area contributed by atoms with E-state index in [9.17, 15) is 4.79 Å². The molecule has 4 heteroatoms. The Morgan fingerprint density at radius 3 is 2.65 bits per heavy atom. The molecule has 0 unspecified atom stereocenters. The molecule has 0 bridgehead atoms. The predicted octanol–water partition coefficient (Wildman–Crippen LogP) is 2.07. The van der Waals surface area contributed by atoms with Gasteiger partial charge in [0.25, 0.3) is 0 Å². The van der Waals surface area contributed by atoms with Crippen LogP contribution in [0.2, 0.25) is 0 Å². The Bertz CT molecular complexity index is 410. The van der Waals surface area contributed by atoms with Gasteiger partial charge in [-0.15, -0.1) is 11.8 Å². The second-order valence-corrected chi connectivity index (χ2v) is 5.57. The molecule has 1 aromatic carbocycles. The number of carbonyl (C=O) groups is 1.